The Bertz CT molecular complexity index is 504. The average molecular weight is 293 g/mol. The molecule has 2 rings (SSSR count). The molecule has 0 spiro atoms. The minimum Gasteiger partial charge on any atom is -0.469 e. The Labute approximate surface area is 123 Å². The summed E-state index contributed by atoms with van der Waals surface area (Å²) in [5, 5.41) is 0. The minimum absolute atomic E-state index is 0.0876. The maximum atomic E-state index is 12.1. The molecule has 1 atom stereocenters. The Balaban J connectivity index is 1.85. The van der Waals surface area contributed by atoms with Crippen LogP contribution in [0, 0.1) is 12.8 Å². The first-order valence-corrected chi connectivity index (χ1v) is 7.64. The SMILES string of the molecule is COC(=O)C1CCN(C(=O)CSc2ccccc2C)C1. The minimum atomic E-state index is -0.216. The van der Waals surface area contributed by atoms with Crippen LogP contribution in [-0.2, 0) is 14.3 Å². The maximum Gasteiger partial charge on any atom is 0.310 e. The molecule has 1 aromatic rings. The molecule has 0 radical (unpaired) electrons. The van der Waals surface area contributed by atoms with Gasteiger partial charge in [0.25, 0.3) is 0 Å². The van der Waals surface area contributed by atoms with E-state index in [9.17, 15) is 9.59 Å². The second-order valence-electron chi connectivity index (χ2n) is 4.90. The van der Waals surface area contributed by atoms with Gasteiger partial charge >= 0.3 is 5.97 Å². The highest BCUT2D eigenvalue weighted by atomic mass is 32.2. The van der Waals surface area contributed by atoms with E-state index in [1.807, 2.05) is 31.2 Å². The maximum absolute atomic E-state index is 12.1. The highest BCUT2D eigenvalue weighted by molar-refractivity contribution is 8.00. The van der Waals surface area contributed by atoms with Crippen molar-refractivity contribution < 1.29 is 14.3 Å². The van der Waals surface area contributed by atoms with Gasteiger partial charge in [0.15, 0.2) is 0 Å². The molecule has 1 aromatic carbocycles. The molecule has 1 unspecified atom stereocenters. The number of rotatable bonds is 4. The average Bonchev–Trinajstić information content (AvgIpc) is 2.95. The standard InChI is InChI=1S/C15H19NO3S/c1-11-5-3-4-6-13(11)20-10-14(17)16-8-7-12(9-16)15(18)19-2/h3-6,12H,7-10H2,1-2H3. The number of aryl methyl sites for hydroxylation is 1. The van der Waals surface area contributed by atoms with E-state index in [0.29, 0.717) is 25.3 Å². The van der Waals surface area contributed by atoms with Crippen molar-refractivity contribution >= 4 is 23.6 Å². The second kappa shape index (κ2) is 6.79. The van der Waals surface area contributed by atoms with E-state index >= 15 is 0 Å². The van der Waals surface area contributed by atoms with Gasteiger partial charge in [-0.2, -0.15) is 0 Å². The van der Waals surface area contributed by atoms with Gasteiger partial charge in [0.05, 0.1) is 18.8 Å². The third kappa shape index (κ3) is 3.54. The lowest BCUT2D eigenvalue weighted by Crippen LogP contribution is -2.31. The van der Waals surface area contributed by atoms with E-state index in [-0.39, 0.29) is 17.8 Å². The molecule has 5 heteroatoms. The van der Waals surface area contributed by atoms with Gasteiger partial charge in [0.1, 0.15) is 0 Å². The molecule has 0 N–H and O–H groups in total. The number of amides is 1. The van der Waals surface area contributed by atoms with Gasteiger partial charge in [-0.3, -0.25) is 9.59 Å². The molecular formula is C15H19NO3S. The lowest BCUT2D eigenvalue weighted by molar-refractivity contribution is -0.145. The molecule has 20 heavy (non-hydrogen) atoms. The predicted octanol–water partition coefficient (Wildman–Crippen LogP) is 2.11. The molecular weight excluding hydrogens is 274 g/mol. The number of benzene rings is 1. The van der Waals surface area contributed by atoms with Crippen molar-refractivity contribution in [2.75, 3.05) is 26.0 Å². The fourth-order valence-corrected chi connectivity index (χ4v) is 3.23. The molecule has 1 aliphatic rings. The summed E-state index contributed by atoms with van der Waals surface area (Å²) in [6, 6.07) is 8.02. The summed E-state index contributed by atoms with van der Waals surface area (Å²) < 4.78 is 4.73. The third-order valence-electron chi connectivity index (χ3n) is 3.52. The number of hydrogen-bond acceptors (Lipinski definition) is 4. The van der Waals surface area contributed by atoms with Crippen LogP contribution in [0.3, 0.4) is 0 Å². The fraction of sp³-hybridized carbons (Fsp3) is 0.467. The molecule has 1 aliphatic heterocycles. The van der Waals surface area contributed by atoms with Crippen LogP contribution in [0.15, 0.2) is 29.2 Å². The number of methoxy groups -OCH3 is 1. The van der Waals surface area contributed by atoms with Crippen LogP contribution in [0.4, 0.5) is 0 Å². The van der Waals surface area contributed by atoms with Crippen LogP contribution in [-0.4, -0.2) is 42.7 Å². The highest BCUT2D eigenvalue weighted by Gasteiger charge is 2.31. The first kappa shape index (κ1) is 14.9. The topological polar surface area (TPSA) is 46.6 Å². The van der Waals surface area contributed by atoms with Crippen molar-refractivity contribution in [3.8, 4) is 0 Å². The number of ether oxygens (including phenoxy) is 1. The van der Waals surface area contributed by atoms with E-state index in [2.05, 4.69) is 0 Å². The summed E-state index contributed by atoms with van der Waals surface area (Å²) in [4.78, 5) is 26.5. The van der Waals surface area contributed by atoms with Crippen molar-refractivity contribution in [1.29, 1.82) is 0 Å². The number of nitrogens with zero attached hydrogens (tertiary/aromatic N) is 1. The van der Waals surface area contributed by atoms with Crippen molar-refractivity contribution in [1.82, 2.24) is 4.90 Å². The summed E-state index contributed by atoms with van der Waals surface area (Å²) in [6.45, 7) is 3.17. The summed E-state index contributed by atoms with van der Waals surface area (Å²) >= 11 is 1.55. The number of carbonyl (C=O) groups is 2. The summed E-state index contributed by atoms with van der Waals surface area (Å²) in [6.07, 6.45) is 0.702. The molecule has 0 aromatic heterocycles. The van der Waals surface area contributed by atoms with Gasteiger partial charge in [0.2, 0.25) is 5.91 Å². The van der Waals surface area contributed by atoms with Gasteiger partial charge in [0, 0.05) is 18.0 Å². The smallest absolute Gasteiger partial charge is 0.310 e. The lowest BCUT2D eigenvalue weighted by atomic mass is 10.1. The zero-order chi connectivity index (χ0) is 14.5. The van der Waals surface area contributed by atoms with Gasteiger partial charge in [-0.05, 0) is 25.0 Å². The normalized spacial score (nSPS) is 18.1. The monoisotopic (exact) mass is 293 g/mol. The van der Waals surface area contributed by atoms with E-state index in [1.54, 1.807) is 16.7 Å². The predicted molar refractivity (Wildman–Crippen MR) is 78.6 cm³/mol. The van der Waals surface area contributed by atoms with Crippen LogP contribution >= 0.6 is 11.8 Å². The largest absolute Gasteiger partial charge is 0.469 e. The van der Waals surface area contributed by atoms with Crippen LogP contribution in [0.2, 0.25) is 0 Å². The van der Waals surface area contributed by atoms with E-state index in [0.717, 1.165) is 4.90 Å². The number of thioether (sulfide) groups is 1. The molecule has 1 amide bonds. The molecule has 0 aliphatic carbocycles. The number of hydrogen-bond donors (Lipinski definition) is 0. The van der Waals surface area contributed by atoms with E-state index in [1.165, 1.54) is 12.7 Å². The highest BCUT2D eigenvalue weighted by Crippen LogP contribution is 2.24. The number of carbonyl (C=O) groups excluding carboxylic acids is 2. The quantitative estimate of drug-likeness (QED) is 0.630. The van der Waals surface area contributed by atoms with Crippen LogP contribution in [0.25, 0.3) is 0 Å². The zero-order valence-electron chi connectivity index (χ0n) is 11.8. The van der Waals surface area contributed by atoms with Crippen LogP contribution in [0.5, 0.6) is 0 Å². The molecule has 4 nitrogen and oxygen atoms in total. The number of esters is 1. The Morgan fingerprint density at radius 3 is 2.85 bits per heavy atom. The van der Waals surface area contributed by atoms with Crippen LogP contribution < -0.4 is 0 Å². The van der Waals surface area contributed by atoms with Gasteiger partial charge in [-0.15, -0.1) is 11.8 Å². The molecule has 108 valence electrons. The Morgan fingerprint density at radius 2 is 2.15 bits per heavy atom. The van der Waals surface area contributed by atoms with Crippen molar-refractivity contribution in [3.63, 3.8) is 0 Å². The summed E-state index contributed by atoms with van der Waals surface area (Å²) in [7, 11) is 1.39. The molecule has 0 saturated carbocycles. The van der Waals surface area contributed by atoms with E-state index in [4.69, 9.17) is 4.74 Å². The first-order chi connectivity index (χ1) is 9.61. The van der Waals surface area contributed by atoms with Gasteiger partial charge in [-0.1, -0.05) is 18.2 Å². The molecule has 1 heterocycles. The third-order valence-corrected chi connectivity index (χ3v) is 4.68. The summed E-state index contributed by atoms with van der Waals surface area (Å²) in [5.74, 6) is 0.127. The van der Waals surface area contributed by atoms with Crippen molar-refractivity contribution in [3.05, 3.63) is 29.8 Å². The first-order valence-electron chi connectivity index (χ1n) is 6.66. The van der Waals surface area contributed by atoms with Crippen molar-refractivity contribution in [2.24, 2.45) is 5.92 Å². The Hall–Kier alpha value is -1.49. The second-order valence-corrected chi connectivity index (χ2v) is 5.92. The lowest BCUT2D eigenvalue weighted by Gasteiger charge is -2.16. The van der Waals surface area contributed by atoms with Gasteiger partial charge < -0.3 is 9.64 Å². The number of likely N-dealkylation sites (tertiary alicyclic amines) is 1. The van der Waals surface area contributed by atoms with Crippen molar-refractivity contribution in [2.45, 2.75) is 18.2 Å². The zero-order valence-corrected chi connectivity index (χ0v) is 12.6. The summed E-state index contributed by atoms with van der Waals surface area (Å²) in [5.41, 5.74) is 1.18. The van der Waals surface area contributed by atoms with Gasteiger partial charge in [-0.25, -0.2) is 0 Å². The molecule has 1 fully saturated rings. The van der Waals surface area contributed by atoms with E-state index < -0.39 is 0 Å². The fourth-order valence-electron chi connectivity index (χ4n) is 2.29. The van der Waals surface area contributed by atoms with Crippen LogP contribution in [0.1, 0.15) is 12.0 Å². The molecule has 0 bridgehead atoms. The molecule has 1 saturated heterocycles. The Kier molecular flexibility index (Phi) is 5.06. The Morgan fingerprint density at radius 1 is 1.40 bits per heavy atom.